The molecule has 1 aromatic rings. The summed E-state index contributed by atoms with van der Waals surface area (Å²) in [6.45, 7) is 4.48. The van der Waals surface area contributed by atoms with Crippen LogP contribution in [0, 0.1) is 5.92 Å². The Hall–Kier alpha value is -1.71. The van der Waals surface area contributed by atoms with Crippen LogP contribution < -0.4 is 9.47 Å². The van der Waals surface area contributed by atoms with Gasteiger partial charge in [-0.15, -0.1) is 0 Å². The van der Waals surface area contributed by atoms with Crippen LogP contribution >= 0.6 is 0 Å². The molecule has 1 fully saturated rings. The van der Waals surface area contributed by atoms with Gasteiger partial charge >= 0.3 is 5.97 Å². The minimum Gasteiger partial charge on any atom is -0.493 e. The highest BCUT2D eigenvalue weighted by Crippen LogP contribution is 2.27. The molecule has 0 bridgehead atoms. The molecule has 0 aromatic heterocycles. The van der Waals surface area contributed by atoms with E-state index < -0.39 is 5.97 Å². The topological polar surface area (TPSA) is 55.8 Å². The molecule has 21 heavy (non-hydrogen) atoms. The molecule has 116 valence electrons. The second kappa shape index (κ2) is 7.34. The summed E-state index contributed by atoms with van der Waals surface area (Å²) in [5.74, 6) is 0.744. The zero-order valence-corrected chi connectivity index (χ0v) is 12.8. The van der Waals surface area contributed by atoms with Gasteiger partial charge in [-0.2, -0.15) is 0 Å². The third-order valence-electron chi connectivity index (χ3n) is 3.71. The van der Waals surface area contributed by atoms with E-state index in [9.17, 15) is 9.90 Å². The van der Waals surface area contributed by atoms with Gasteiger partial charge in [0.05, 0.1) is 18.3 Å². The number of carboxylic acid groups (broad SMARTS) is 1. The molecule has 1 aliphatic carbocycles. The van der Waals surface area contributed by atoms with Gasteiger partial charge in [0.25, 0.3) is 0 Å². The molecule has 1 N–H and O–H groups in total. The highest BCUT2D eigenvalue weighted by molar-refractivity contribution is 5.88. The number of hydrogen-bond donors (Lipinski definition) is 1. The first kappa shape index (κ1) is 15.7. The van der Waals surface area contributed by atoms with E-state index in [0.29, 0.717) is 24.0 Å². The Bertz CT molecular complexity index is 476. The summed E-state index contributed by atoms with van der Waals surface area (Å²) < 4.78 is 11.4. The van der Waals surface area contributed by atoms with Crippen molar-refractivity contribution in [3.8, 4) is 11.5 Å². The van der Waals surface area contributed by atoms with Crippen molar-refractivity contribution in [1.82, 2.24) is 0 Å². The molecule has 0 radical (unpaired) electrons. The van der Waals surface area contributed by atoms with Crippen LogP contribution in [0.5, 0.6) is 11.5 Å². The Morgan fingerprint density at radius 1 is 1.19 bits per heavy atom. The Labute approximate surface area is 126 Å². The van der Waals surface area contributed by atoms with Crippen molar-refractivity contribution in [2.75, 3.05) is 6.61 Å². The maximum atomic E-state index is 11.2. The Kier molecular flexibility index (Phi) is 5.48. The van der Waals surface area contributed by atoms with Crippen molar-refractivity contribution in [3.05, 3.63) is 23.8 Å². The minimum atomic E-state index is -0.966. The summed E-state index contributed by atoms with van der Waals surface area (Å²) in [5.41, 5.74) is 0.201. The predicted molar refractivity (Wildman–Crippen MR) is 81.2 cm³/mol. The van der Waals surface area contributed by atoms with Crippen LogP contribution in [0.25, 0.3) is 0 Å². The zero-order chi connectivity index (χ0) is 15.2. The first-order chi connectivity index (χ1) is 10.0. The number of hydrogen-bond acceptors (Lipinski definition) is 3. The van der Waals surface area contributed by atoms with Crippen LogP contribution in [-0.4, -0.2) is 23.8 Å². The third-order valence-corrected chi connectivity index (χ3v) is 3.71. The van der Waals surface area contributed by atoms with Crippen LogP contribution in [0.2, 0.25) is 0 Å². The molecule has 1 aliphatic rings. The number of benzene rings is 1. The van der Waals surface area contributed by atoms with E-state index in [1.807, 2.05) is 13.8 Å². The van der Waals surface area contributed by atoms with Crippen LogP contribution in [0.3, 0.4) is 0 Å². The van der Waals surface area contributed by atoms with Crippen molar-refractivity contribution >= 4 is 5.97 Å². The van der Waals surface area contributed by atoms with Gasteiger partial charge in [-0.05, 0) is 44.7 Å². The first-order valence-corrected chi connectivity index (χ1v) is 7.72. The van der Waals surface area contributed by atoms with Crippen molar-refractivity contribution in [2.45, 2.75) is 52.1 Å². The number of carbonyl (C=O) groups is 1. The zero-order valence-electron chi connectivity index (χ0n) is 12.8. The maximum Gasteiger partial charge on any atom is 0.335 e. The summed E-state index contributed by atoms with van der Waals surface area (Å²) in [6.07, 6.45) is 6.26. The smallest absolute Gasteiger partial charge is 0.335 e. The largest absolute Gasteiger partial charge is 0.493 e. The fourth-order valence-corrected chi connectivity index (χ4v) is 2.69. The average molecular weight is 292 g/mol. The molecule has 0 unspecified atom stereocenters. The lowest BCUT2D eigenvalue weighted by Crippen LogP contribution is -2.15. The Morgan fingerprint density at radius 2 is 1.86 bits per heavy atom. The summed E-state index contributed by atoms with van der Waals surface area (Å²) in [5, 5.41) is 9.17. The van der Waals surface area contributed by atoms with Gasteiger partial charge in [0.15, 0.2) is 0 Å². The molecule has 1 saturated carbocycles. The van der Waals surface area contributed by atoms with Gasteiger partial charge in [0.1, 0.15) is 11.5 Å². The van der Waals surface area contributed by atoms with Gasteiger partial charge < -0.3 is 14.6 Å². The van der Waals surface area contributed by atoms with Crippen molar-refractivity contribution in [2.24, 2.45) is 5.92 Å². The number of rotatable bonds is 6. The Morgan fingerprint density at radius 3 is 2.48 bits per heavy atom. The number of ether oxygens (including phenoxy) is 2. The molecule has 4 nitrogen and oxygen atoms in total. The molecule has 0 aliphatic heterocycles. The van der Waals surface area contributed by atoms with Crippen LogP contribution in [0.4, 0.5) is 0 Å². The monoisotopic (exact) mass is 292 g/mol. The van der Waals surface area contributed by atoms with E-state index in [2.05, 4.69) is 0 Å². The van der Waals surface area contributed by atoms with Gasteiger partial charge in [-0.1, -0.05) is 19.3 Å². The fourth-order valence-electron chi connectivity index (χ4n) is 2.69. The quantitative estimate of drug-likeness (QED) is 0.856. The van der Waals surface area contributed by atoms with E-state index in [-0.39, 0.29) is 11.7 Å². The lowest BCUT2D eigenvalue weighted by atomic mass is 9.90. The molecule has 2 rings (SSSR count). The van der Waals surface area contributed by atoms with Crippen molar-refractivity contribution < 1.29 is 19.4 Å². The van der Waals surface area contributed by atoms with Crippen LogP contribution in [0.15, 0.2) is 18.2 Å². The van der Waals surface area contributed by atoms with Gasteiger partial charge in [0, 0.05) is 6.07 Å². The van der Waals surface area contributed by atoms with Gasteiger partial charge in [-0.3, -0.25) is 0 Å². The predicted octanol–water partition coefficient (Wildman–Crippen LogP) is 4.13. The number of carboxylic acids is 1. The van der Waals surface area contributed by atoms with E-state index in [4.69, 9.17) is 9.47 Å². The standard InChI is InChI=1S/C17H24O4/c1-12(2)21-16-9-14(17(18)19)8-15(10-16)20-11-13-6-4-3-5-7-13/h8-10,12-13H,3-7,11H2,1-2H3,(H,18,19). The van der Waals surface area contributed by atoms with Gasteiger partial charge in [0.2, 0.25) is 0 Å². The molecule has 0 heterocycles. The molecule has 0 amide bonds. The molecular weight excluding hydrogens is 268 g/mol. The van der Waals surface area contributed by atoms with Crippen LogP contribution in [-0.2, 0) is 0 Å². The highest BCUT2D eigenvalue weighted by atomic mass is 16.5. The minimum absolute atomic E-state index is 0.000222. The normalized spacial score (nSPS) is 16.0. The van der Waals surface area contributed by atoms with Crippen LogP contribution in [0.1, 0.15) is 56.3 Å². The second-order valence-corrected chi connectivity index (χ2v) is 5.98. The molecule has 0 atom stereocenters. The molecular formula is C17H24O4. The summed E-state index contributed by atoms with van der Waals surface area (Å²) in [7, 11) is 0. The summed E-state index contributed by atoms with van der Waals surface area (Å²) in [6, 6.07) is 4.88. The molecule has 1 aromatic carbocycles. The van der Waals surface area contributed by atoms with E-state index in [1.165, 1.54) is 38.2 Å². The van der Waals surface area contributed by atoms with Crippen molar-refractivity contribution in [1.29, 1.82) is 0 Å². The van der Waals surface area contributed by atoms with E-state index >= 15 is 0 Å². The fraction of sp³-hybridized carbons (Fsp3) is 0.588. The summed E-state index contributed by atoms with van der Waals surface area (Å²) in [4.78, 5) is 11.2. The van der Waals surface area contributed by atoms with E-state index in [0.717, 1.165) is 0 Å². The first-order valence-electron chi connectivity index (χ1n) is 7.72. The molecule has 4 heteroatoms. The van der Waals surface area contributed by atoms with E-state index in [1.54, 1.807) is 12.1 Å². The second-order valence-electron chi connectivity index (χ2n) is 5.98. The van der Waals surface area contributed by atoms with Crippen molar-refractivity contribution in [3.63, 3.8) is 0 Å². The SMILES string of the molecule is CC(C)Oc1cc(OCC2CCCCC2)cc(C(=O)O)c1. The van der Waals surface area contributed by atoms with Gasteiger partial charge in [-0.25, -0.2) is 4.79 Å². The average Bonchev–Trinajstić information content (AvgIpc) is 2.45. The highest BCUT2D eigenvalue weighted by Gasteiger charge is 2.15. The third kappa shape index (κ3) is 4.96. The molecule has 0 spiro atoms. The lowest BCUT2D eigenvalue weighted by molar-refractivity contribution is 0.0695. The maximum absolute atomic E-state index is 11.2. The molecule has 0 saturated heterocycles. The Balaban J connectivity index is 2.05. The number of aromatic carboxylic acids is 1. The lowest BCUT2D eigenvalue weighted by Gasteiger charge is -2.22. The summed E-state index contributed by atoms with van der Waals surface area (Å²) >= 11 is 0.